The Balaban J connectivity index is 1.83. The quantitative estimate of drug-likeness (QED) is 0.572. The highest BCUT2D eigenvalue weighted by Crippen LogP contribution is 2.19. The zero-order valence-corrected chi connectivity index (χ0v) is 9.43. The first-order valence-electron chi connectivity index (χ1n) is 5.83. The van der Waals surface area contributed by atoms with Gasteiger partial charge in [-0.3, -0.25) is 16.3 Å². The molecule has 3 N–H and O–H groups in total. The molecule has 1 aliphatic heterocycles. The molecule has 0 spiro atoms. The average molecular weight is 221 g/mol. The number of nitrogens with two attached hydrogens (primary N) is 1. The van der Waals surface area contributed by atoms with Crippen molar-refractivity contribution in [3.05, 3.63) is 30.1 Å². The number of pyridine rings is 1. The van der Waals surface area contributed by atoms with Crippen LogP contribution in [0.2, 0.25) is 0 Å². The molecule has 0 aromatic carbocycles. The predicted molar refractivity (Wildman–Crippen MR) is 62.6 cm³/mol. The van der Waals surface area contributed by atoms with Crippen molar-refractivity contribution < 1.29 is 4.74 Å². The minimum absolute atomic E-state index is 0.357. The highest BCUT2D eigenvalue weighted by atomic mass is 16.5. The topological polar surface area (TPSA) is 60.2 Å². The maximum Gasteiger partial charge on any atom is 0.0510 e. The molecule has 2 atom stereocenters. The van der Waals surface area contributed by atoms with Crippen LogP contribution in [0.25, 0.3) is 0 Å². The highest BCUT2D eigenvalue weighted by Gasteiger charge is 2.24. The van der Waals surface area contributed by atoms with Crippen LogP contribution in [0, 0.1) is 5.92 Å². The first-order chi connectivity index (χ1) is 7.90. The van der Waals surface area contributed by atoms with Crippen LogP contribution >= 0.6 is 0 Å². The molecule has 0 bridgehead atoms. The summed E-state index contributed by atoms with van der Waals surface area (Å²) in [5, 5.41) is 0. The number of hydrogen-bond donors (Lipinski definition) is 2. The summed E-state index contributed by atoms with van der Waals surface area (Å²) >= 11 is 0. The van der Waals surface area contributed by atoms with Crippen molar-refractivity contribution in [1.29, 1.82) is 0 Å². The van der Waals surface area contributed by atoms with Gasteiger partial charge in [0.25, 0.3) is 0 Å². The zero-order chi connectivity index (χ0) is 11.2. The number of rotatable bonds is 5. The Morgan fingerprint density at radius 3 is 2.94 bits per heavy atom. The molecule has 1 aliphatic rings. The number of hydrazine groups is 1. The van der Waals surface area contributed by atoms with E-state index in [0.717, 1.165) is 32.5 Å². The van der Waals surface area contributed by atoms with E-state index in [-0.39, 0.29) is 0 Å². The van der Waals surface area contributed by atoms with E-state index in [2.05, 4.69) is 22.5 Å². The lowest BCUT2D eigenvalue weighted by Gasteiger charge is -2.21. The fourth-order valence-electron chi connectivity index (χ4n) is 2.20. The second kappa shape index (κ2) is 5.94. The number of ether oxygens (including phenoxy) is 1. The Kier molecular flexibility index (Phi) is 4.27. The van der Waals surface area contributed by atoms with Gasteiger partial charge in [-0.15, -0.1) is 0 Å². The molecule has 4 nitrogen and oxygen atoms in total. The van der Waals surface area contributed by atoms with E-state index in [1.807, 2.05) is 12.4 Å². The Hall–Kier alpha value is -0.970. The maximum atomic E-state index is 5.60. The van der Waals surface area contributed by atoms with E-state index in [4.69, 9.17) is 10.6 Å². The van der Waals surface area contributed by atoms with Crippen LogP contribution in [0.4, 0.5) is 0 Å². The maximum absolute atomic E-state index is 5.60. The summed E-state index contributed by atoms with van der Waals surface area (Å²) in [4.78, 5) is 4.01. The molecule has 2 rings (SSSR count). The van der Waals surface area contributed by atoms with Gasteiger partial charge in [-0.05, 0) is 37.0 Å². The summed E-state index contributed by atoms with van der Waals surface area (Å²) in [6.45, 7) is 1.71. The Morgan fingerprint density at radius 2 is 2.31 bits per heavy atom. The third-order valence-corrected chi connectivity index (χ3v) is 3.24. The molecule has 2 heterocycles. The smallest absolute Gasteiger partial charge is 0.0510 e. The Labute approximate surface area is 96.2 Å². The number of hydrogen-bond acceptors (Lipinski definition) is 4. The summed E-state index contributed by atoms with van der Waals surface area (Å²) < 4.78 is 5.39. The van der Waals surface area contributed by atoms with Crippen molar-refractivity contribution in [2.45, 2.75) is 25.3 Å². The van der Waals surface area contributed by atoms with Gasteiger partial charge in [-0.25, -0.2) is 0 Å². The summed E-state index contributed by atoms with van der Waals surface area (Å²) in [7, 11) is 0. The van der Waals surface area contributed by atoms with Crippen molar-refractivity contribution in [1.82, 2.24) is 10.4 Å². The summed E-state index contributed by atoms with van der Waals surface area (Å²) in [5.74, 6) is 6.16. The lowest BCUT2D eigenvalue weighted by atomic mass is 9.94. The lowest BCUT2D eigenvalue weighted by Crippen LogP contribution is -2.41. The van der Waals surface area contributed by atoms with Gasteiger partial charge in [0.05, 0.1) is 6.61 Å². The van der Waals surface area contributed by atoms with Gasteiger partial charge in [0, 0.05) is 31.0 Å². The number of nitrogens with zero attached hydrogens (tertiary/aromatic N) is 1. The van der Waals surface area contributed by atoms with Crippen molar-refractivity contribution in [3.63, 3.8) is 0 Å². The van der Waals surface area contributed by atoms with E-state index < -0.39 is 0 Å². The van der Waals surface area contributed by atoms with Gasteiger partial charge in [-0.2, -0.15) is 0 Å². The van der Waals surface area contributed by atoms with Crippen LogP contribution in [0.15, 0.2) is 24.5 Å². The first-order valence-corrected chi connectivity index (χ1v) is 5.83. The average Bonchev–Trinajstić information content (AvgIpc) is 2.85. The summed E-state index contributed by atoms with van der Waals surface area (Å²) in [5.41, 5.74) is 4.23. The second-order valence-electron chi connectivity index (χ2n) is 4.29. The van der Waals surface area contributed by atoms with Gasteiger partial charge in [-0.1, -0.05) is 0 Å². The van der Waals surface area contributed by atoms with Crippen LogP contribution < -0.4 is 11.3 Å². The van der Waals surface area contributed by atoms with Crippen molar-refractivity contribution in [3.8, 4) is 0 Å². The van der Waals surface area contributed by atoms with E-state index in [9.17, 15) is 0 Å². The number of nitrogens with one attached hydrogen (secondary N) is 1. The van der Waals surface area contributed by atoms with Gasteiger partial charge in [0.1, 0.15) is 0 Å². The molecule has 4 heteroatoms. The standard InChI is InChI=1S/C12H19N3O/c13-15-12(11-5-8-16-9-11)2-1-10-3-6-14-7-4-10/h3-4,6-7,11-12,15H,1-2,5,8-9,13H2. The van der Waals surface area contributed by atoms with E-state index in [1.54, 1.807) is 0 Å². The minimum Gasteiger partial charge on any atom is -0.381 e. The molecule has 1 saturated heterocycles. The molecule has 2 unspecified atom stereocenters. The third kappa shape index (κ3) is 3.01. The fourth-order valence-corrected chi connectivity index (χ4v) is 2.20. The van der Waals surface area contributed by atoms with Gasteiger partial charge < -0.3 is 4.74 Å². The van der Waals surface area contributed by atoms with Crippen LogP contribution in [-0.4, -0.2) is 24.2 Å². The molecule has 0 radical (unpaired) electrons. The van der Waals surface area contributed by atoms with Crippen molar-refractivity contribution in [2.75, 3.05) is 13.2 Å². The van der Waals surface area contributed by atoms with Crippen LogP contribution in [0.3, 0.4) is 0 Å². The molecule has 0 aliphatic carbocycles. The summed E-state index contributed by atoms with van der Waals surface area (Å²) in [6, 6.07) is 4.47. The van der Waals surface area contributed by atoms with Crippen LogP contribution in [0.1, 0.15) is 18.4 Å². The van der Waals surface area contributed by atoms with Crippen LogP contribution in [-0.2, 0) is 11.2 Å². The van der Waals surface area contributed by atoms with E-state index in [0.29, 0.717) is 12.0 Å². The monoisotopic (exact) mass is 221 g/mol. The lowest BCUT2D eigenvalue weighted by molar-refractivity contribution is 0.175. The predicted octanol–water partition coefficient (Wildman–Crippen LogP) is 0.883. The van der Waals surface area contributed by atoms with Crippen LogP contribution in [0.5, 0.6) is 0 Å². The molecule has 0 amide bonds. The highest BCUT2D eigenvalue weighted by molar-refractivity contribution is 5.09. The Bertz CT molecular complexity index is 298. The van der Waals surface area contributed by atoms with Gasteiger partial charge >= 0.3 is 0 Å². The third-order valence-electron chi connectivity index (χ3n) is 3.24. The number of aromatic nitrogens is 1. The second-order valence-corrected chi connectivity index (χ2v) is 4.29. The van der Waals surface area contributed by atoms with Crippen molar-refractivity contribution >= 4 is 0 Å². The SMILES string of the molecule is NNC(CCc1ccncc1)C1CCOC1. The Morgan fingerprint density at radius 1 is 1.50 bits per heavy atom. The molecule has 16 heavy (non-hydrogen) atoms. The first kappa shape index (κ1) is 11.5. The fraction of sp³-hybridized carbons (Fsp3) is 0.583. The molecule has 88 valence electrons. The molecular weight excluding hydrogens is 202 g/mol. The molecule has 1 fully saturated rings. The van der Waals surface area contributed by atoms with Crippen molar-refractivity contribution in [2.24, 2.45) is 11.8 Å². The molecule has 1 aromatic heterocycles. The largest absolute Gasteiger partial charge is 0.381 e. The summed E-state index contributed by atoms with van der Waals surface area (Å²) in [6.07, 6.45) is 6.87. The normalized spacial score (nSPS) is 22.2. The van der Waals surface area contributed by atoms with Gasteiger partial charge in [0.15, 0.2) is 0 Å². The molecular formula is C12H19N3O. The van der Waals surface area contributed by atoms with Gasteiger partial charge in [0.2, 0.25) is 0 Å². The number of aryl methyl sites for hydroxylation is 1. The minimum atomic E-state index is 0.357. The zero-order valence-electron chi connectivity index (χ0n) is 9.43. The molecule has 1 aromatic rings. The molecule has 0 saturated carbocycles. The van der Waals surface area contributed by atoms with E-state index in [1.165, 1.54) is 5.56 Å². The van der Waals surface area contributed by atoms with E-state index >= 15 is 0 Å².